The molecule has 0 saturated carbocycles. The lowest BCUT2D eigenvalue weighted by Crippen LogP contribution is -2.40. The second kappa shape index (κ2) is 5.32. The van der Waals surface area contributed by atoms with Gasteiger partial charge in [-0.1, -0.05) is 0 Å². The van der Waals surface area contributed by atoms with Gasteiger partial charge in [0.2, 0.25) is 0 Å². The van der Waals surface area contributed by atoms with E-state index in [9.17, 15) is 18.0 Å². The highest BCUT2D eigenvalue weighted by Gasteiger charge is 2.39. The summed E-state index contributed by atoms with van der Waals surface area (Å²) in [5, 5.41) is 0.813. The zero-order valence-electron chi connectivity index (χ0n) is 8.96. The predicted molar refractivity (Wildman–Crippen MR) is 45.8 cm³/mol. The number of ether oxygens (including phenoxy) is 1. The van der Waals surface area contributed by atoms with E-state index in [-0.39, 0.29) is 0 Å². The zero-order valence-corrected chi connectivity index (χ0v) is 8.96. The molecular weight excluding hydrogens is 215 g/mol. The number of nitrogens with zero attached hydrogens (tertiary/aromatic N) is 1. The van der Waals surface area contributed by atoms with Crippen LogP contribution in [0.3, 0.4) is 0 Å². The zero-order chi connectivity index (χ0) is 12.2. The first-order valence-corrected chi connectivity index (χ1v) is 4.24. The lowest BCUT2D eigenvalue weighted by molar-refractivity contribution is -0.231. The van der Waals surface area contributed by atoms with Crippen LogP contribution in [0.25, 0.3) is 0 Å². The van der Waals surface area contributed by atoms with Crippen molar-refractivity contribution in [1.29, 1.82) is 0 Å². The molecule has 0 spiro atoms. The number of amides is 1. The fraction of sp³-hybridized carbons (Fsp3) is 0.875. The first-order valence-electron chi connectivity index (χ1n) is 4.24. The standard InChI is InChI=1S/C8H14F3NO3/c1-5(7(13)12(3)14-4)15-6(2)8(9,10)11/h5-6H,1-4H3/t5-,6+/m1/s1. The van der Waals surface area contributed by atoms with Gasteiger partial charge in [0.1, 0.15) is 6.10 Å². The van der Waals surface area contributed by atoms with Crippen LogP contribution >= 0.6 is 0 Å². The molecule has 0 radical (unpaired) electrons. The van der Waals surface area contributed by atoms with Gasteiger partial charge in [-0.3, -0.25) is 9.63 Å². The van der Waals surface area contributed by atoms with E-state index in [1.54, 1.807) is 0 Å². The third-order valence-corrected chi connectivity index (χ3v) is 1.80. The molecule has 0 fully saturated rings. The van der Waals surface area contributed by atoms with Crippen LogP contribution in [0.2, 0.25) is 0 Å². The van der Waals surface area contributed by atoms with Gasteiger partial charge in [-0.15, -0.1) is 0 Å². The third-order valence-electron chi connectivity index (χ3n) is 1.80. The van der Waals surface area contributed by atoms with Crippen LogP contribution in [0.1, 0.15) is 13.8 Å². The molecular formula is C8H14F3NO3. The molecule has 15 heavy (non-hydrogen) atoms. The van der Waals surface area contributed by atoms with Gasteiger partial charge in [-0.25, -0.2) is 5.06 Å². The molecule has 4 nitrogen and oxygen atoms in total. The predicted octanol–water partition coefficient (Wildman–Crippen LogP) is 1.36. The van der Waals surface area contributed by atoms with Gasteiger partial charge < -0.3 is 4.74 Å². The van der Waals surface area contributed by atoms with E-state index < -0.39 is 24.3 Å². The molecule has 0 N–H and O–H groups in total. The number of alkyl halides is 3. The lowest BCUT2D eigenvalue weighted by atomic mass is 10.3. The van der Waals surface area contributed by atoms with Crippen LogP contribution in [0.4, 0.5) is 13.2 Å². The molecule has 0 aromatic rings. The molecule has 0 heterocycles. The fourth-order valence-corrected chi connectivity index (χ4v) is 0.788. The third kappa shape index (κ3) is 4.48. The van der Waals surface area contributed by atoms with Crippen molar-refractivity contribution >= 4 is 5.91 Å². The Labute approximate surface area is 85.9 Å². The van der Waals surface area contributed by atoms with Gasteiger partial charge in [-0.05, 0) is 13.8 Å². The summed E-state index contributed by atoms with van der Waals surface area (Å²) in [4.78, 5) is 15.8. The van der Waals surface area contributed by atoms with Crippen molar-refractivity contribution in [3.05, 3.63) is 0 Å². The maximum atomic E-state index is 12.1. The van der Waals surface area contributed by atoms with E-state index in [2.05, 4.69) is 9.57 Å². The van der Waals surface area contributed by atoms with Crippen molar-refractivity contribution in [3.8, 4) is 0 Å². The average Bonchev–Trinajstić information content (AvgIpc) is 2.13. The fourth-order valence-electron chi connectivity index (χ4n) is 0.788. The van der Waals surface area contributed by atoms with Crippen LogP contribution < -0.4 is 0 Å². The van der Waals surface area contributed by atoms with Crippen LogP contribution in [0, 0.1) is 0 Å². The van der Waals surface area contributed by atoms with Gasteiger partial charge in [0.15, 0.2) is 6.10 Å². The average molecular weight is 229 g/mol. The molecule has 0 rings (SSSR count). The Morgan fingerprint density at radius 3 is 2.13 bits per heavy atom. The highest BCUT2D eigenvalue weighted by molar-refractivity contribution is 5.79. The van der Waals surface area contributed by atoms with E-state index in [1.165, 1.54) is 21.1 Å². The summed E-state index contributed by atoms with van der Waals surface area (Å²) in [6, 6.07) is 0. The smallest absolute Gasteiger partial charge is 0.356 e. The van der Waals surface area contributed by atoms with Crippen molar-refractivity contribution in [1.82, 2.24) is 5.06 Å². The first-order chi connectivity index (χ1) is 6.70. The Morgan fingerprint density at radius 2 is 1.80 bits per heavy atom. The highest BCUT2D eigenvalue weighted by Crippen LogP contribution is 2.23. The molecule has 0 aromatic carbocycles. The monoisotopic (exact) mass is 229 g/mol. The molecule has 0 aromatic heterocycles. The minimum atomic E-state index is -4.47. The number of carbonyl (C=O) groups excluding carboxylic acids is 1. The number of hydrogen-bond acceptors (Lipinski definition) is 3. The van der Waals surface area contributed by atoms with Crippen LogP contribution in [0.5, 0.6) is 0 Å². The molecule has 0 unspecified atom stereocenters. The molecule has 1 amide bonds. The van der Waals surface area contributed by atoms with Crippen LogP contribution in [-0.4, -0.2) is 43.5 Å². The Bertz CT molecular complexity index is 220. The number of rotatable bonds is 4. The molecule has 0 aliphatic carbocycles. The largest absolute Gasteiger partial charge is 0.414 e. The van der Waals surface area contributed by atoms with E-state index in [0.717, 1.165) is 12.0 Å². The summed E-state index contributed by atoms with van der Waals surface area (Å²) >= 11 is 0. The Hall–Kier alpha value is -0.820. The van der Waals surface area contributed by atoms with Gasteiger partial charge in [0, 0.05) is 7.05 Å². The summed E-state index contributed by atoms with van der Waals surface area (Å²) < 4.78 is 40.7. The normalized spacial score (nSPS) is 15.9. The van der Waals surface area contributed by atoms with Gasteiger partial charge >= 0.3 is 6.18 Å². The summed E-state index contributed by atoms with van der Waals surface area (Å²) in [5.74, 6) is -0.673. The van der Waals surface area contributed by atoms with Gasteiger partial charge in [0.05, 0.1) is 7.11 Å². The van der Waals surface area contributed by atoms with E-state index >= 15 is 0 Å². The number of carbonyl (C=O) groups is 1. The topological polar surface area (TPSA) is 38.8 Å². The summed E-state index contributed by atoms with van der Waals surface area (Å²) in [7, 11) is 2.53. The SMILES string of the molecule is CON(C)C(=O)[C@@H](C)O[C@@H](C)C(F)(F)F. The second-order valence-electron chi connectivity index (χ2n) is 2.98. The number of likely N-dealkylation sites (N-methyl/N-ethyl adjacent to an activating group) is 1. The van der Waals surface area contributed by atoms with E-state index in [1.807, 2.05) is 0 Å². The van der Waals surface area contributed by atoms with Gasteiger partial charge in [-0.2, -0.15) is 13.2 Å². The molecule has 2 atom stereocenters. The number of hydroxylamine groups is 2. The summed E-state index contributed by atoms with van der Waals surface area (Å²) in [5.41, 5.74) is 0. The Morgan fingerprint density at radius 1 is 1.33 bits per heavy atom. The quantitative estimate of drug-likeness (QED) is 0.683. The van der Waals surface area contributed by atoms with Crippen LogP contribution in [0.15, 0.2) is 0 Å². The van der Waals surface area contributed by atoms with Crippen molar-refractivity contribution in [2.75, 3.05) is 14.2 Å². The molecule has 90 valence electrons. The lowest BCUT2D eigenvalue weighted by Gasteiger charge is -2.23. The molecule has 0 saturated heterocycles. The van der Waals surface area contributed by atoms with Crippen LogP contribution in [-0.2, 0) is 14.4 Å². The molecule has 0 aliphatic rings. The van der Waals surface area contributed by atoms with Crippen molar-refractivity contribution in [3.63, 3.8) is 0 Å². The van der Waals surface area contributed by atoms with Crippen molar-refractivity contribution in [2.45, 2.75) is 32.2 Å². The van der Waals surface area contributed by atoms with E-state index in [4.69, 9.17) is 0 Å². The van der Waals surface area contributed by atoms with Gasteiger partial charge in [0.25, 0.3) is 5.91 Å². The maximum absolute atomic E-state index is 12.1. The Balaban J connectivity index is 4.25. The number of halogens is 3. The maximum Gasteiger partial charge on any atom is 0.414 e. The summed E-state index contributed by atoms with van der Waals surface area (Å²) in [6.07, 6.45) is -7.66. The first kappa shape index (κ1) is 14.2. The second-order valence-corrected chi connectivity index (χ2v) is 2.98. The minimum absolute atomic E-state index is 0.673. The Kier molecular flexibility index (Phi) is 5.02. The molecule has 0 aliphatic heterocycles. The van der Waals surface area contributed by atoms with Crippen molar-refractivity contribution in [2.24, 2.45) is 0 Å². The molecule has 7 heteroatoms. The molecule has 0 bridgehead atoms. The summed E-state index contributed by atoms with van der Waals surface area (Å²) in [6.45, 7) is 2.08. The minimum Gasteiger partial charge on any atom is -0.356 e. The van der Waals surface area contributed by atoms with E-state index in [0.29, 0.717) is 0 Å². The number of hydrogen-bond donors (Lipinski definition) is 0. The van der Waals surface area contributed by atoms with Crippen molar-refractivity contribution < 1.29 is 27.5 Å². The highest BCUT2D eigenvalue weighted by atomic mass is 19.4.